The molecule has 1 fully saturated rings. The third-order valence-electron chi connectivity index (χ3n) is 4.46. The van der Waals surface area contributed by atoms with Crippen LogP contribution in [0.3, 0.4) is 0 Å². The van der Waals surface area contributed by atoms with Crippen molar-refractivity contribution in [2.75, 3.05) is 13.1 Å². The lowest BCUT2D eigenvalue weighted by Crippen LogP contribution is -2.46. The molecule has 3 rings (SSSR count). The van der Waals surface area contributed by atoms with Crippen molar-refractivity contribution in [1.82, 2.24) is 20.0 Å². The first-order valence-corrected chi connectivity index (χ1v) is 8.69. The van der Waals surface area contributed by atoms with Crippen LogP contribution in [0.5, 0.6) is 0 Å². The number of hydrogen-bond donors (Lipinski definition) is 0. The maximum absolute atomic E-state index is 15.4. The predicted octanol–water partition coefficient (Wildman–Crippen LogP) is 3.36. The van der Waals surface area contributed by atoms with Crippen molar-refractivity contribution in [3.63, 3.8) is 0 Å². The van der Waals surface area contributed by atoms with Crippen LogP contribution in [-0.4, -0.2) is 39.0 Å². The predicted molar refractivity (Wildman–Crippen MR) is 90.2 cm³/mol. The summed E-state index contributed by atoms with van der Waals surface area (Å²) in [4.78, 5) is 22.1. The second-order valence-electron chi connectivity index (χ2n) is 6.98. The van der Waals surface area contributed by atoms with Crippen LogP contribution in [0, 0.1) is 5.92 Å². The Kier molecular flexibility index (Phi) is 5.11. The van der Waals surface area contributed by atoms with Gasteiger partial charge < -0.3 is 9.42 Å². The first-order chi connectivity index (χ1) is 12.0. The first-order valence-electron chi connectivity index (χ1n) is 8.69. The van der Waals surface area contributed by atoms with Crippen LogP contribution in [-0.2, 0) is 10.5 Å². The van der Waals surface area contributed by atoms with E-state index in [2.05, 4.69) is 29.0 Å². The minimum absolute atomic E-state index is 0.0116. The molecule has 0 radical (unpaired) electrons. The summed E-state index contributed by atoms with van der Waals surface area (Å²) in [5, 5.41) is 3.87. The van der Waals surface area contributed by atoms with Gasteiger partial charge in [-0.25, -0.2) is 4.39 Å². The van der Waals surface area contributed by atoms with Gasteiger partial charge in [-0.3, -0.25) is 9.78 Å². The number of aromatic nitrogens is 3. The SMILES string of the molecule is CC(C)CCC(=O)N1CCCC(F)(c2nc(-c3cccnc3)no2)C1. The van der Waals surface area contributed by atoms with Crippen molar-refractivity contribution < 1.29 is 13.7 Å². The fourth-order valence-corrected chi connectivity index (χ4v) is 2.99. The summed E-state index contributed by atoms with van der Waals surface area (Å²) in [6.07, 6.45) is 5.34. The average molecular weight is 346 g/mol. The van der Waals surface area contributed by atoms with Crippen LogP contribution < -0.4 is 0 Å². The van der Waals surface area contributed by atoms with E-state index < -0.39 is 5.67 Å². The second kappa shape index (κ2) is 7.29. The van der Waals surface area contributed by atoms with Crippen molar-refractivity contribution in [3.05, 3.63) is 30.4 Å². The number of amides is 1. The van der Waals surface area contributed by atoms with Crippen LogP contribution in [0.1, 0.15) is 45.4 Å². The molecule has 6 nitrogen and oxygen atoms in total. The number of carbonyl (C=O) groups is 1. The summed E-state index contributed by atoms with van der Waals surface area (Å²) in [6.45, 7) is 4.69. The summed E-state index contributed by atoms with van der Waals surface area (Å²) < 4.78 is 20.6. The molecule has 134 valence electrons. The Balaban J connectivity index is 1.73. The van der Waals surface area contributed by atoms with Crippen LogP contribution in [0.25, 0.3) is 11.4 Å². The van der Waals surface area contributed by atoms with E-state index in [0.29, 0.717) is 36.7 Å². The van der Waals surface area contributed by atoms with E-state index in [1.54, 1.807) is 29.4 Å². The highest BCUT2D eigenvalue weighted by molar-refractivity contribution is 5.76. The molecule has 0 spiro atoms. The summed E-state index contributed by atoms with van der Waals surface area (Å²) in [7, 11) is 0. The molecule has 1 saturated heterocycles. The van der Waals surface area contributed by atoms with E-state index in [4.69, 9.17) is 4.52 Å². The Labute approximate surface area is 146 Å². The van der Waals surface area contributed by atoms with Gasteiger partial charge in [-0.2, -0.15) is 4.98 Å². The number of piperidine rings is 1. The van der Waals surface area contributed by atoms with Gasteiger partial charge in [0, 0.05) is 30.9 Å². The van der Waals surface area contributed by atoms with Crippen molar-refractivity contribution in [2.24, 2.45) is 5.92 Å². The molecule has 1 aliphatic rings. The monoisotopic (exact) mass is 346 g/mol. The molecular formula is C18H23FN4O2. The van der Waals surface area contributed by atoms with Gasteiger partial charge in [0.25, 0.3) is 5.89 Å². The zero-order valence-corrected chi connectivity index (χ0v) is 14.6. The lowest BCUT2D eigenvalue weighted by atomic mass is 9.94. The summed E-state index contributed by atoms with van der Waals surface area (Å²) in [6, 6.07) is 3.54. The topological polar surface area (TPSA) is 72.1 Å². The second-order valence-corrected chi connectivity index (χ2v) is 6.98. The largest absolute Gasteiger partial charge is 0.339 e. The summed E-state index contributed by atoms with van der Waals surface area (Å²) in [5.41, 5.74) is -1.12. The van der Waals surface area contributed by atoms with Crippen LogP contribution in [0.15, 0.2) is 29.0 Å². The van der Waals surface area contributed by atoms with E-state index >= 15 is 4.39 Å². The molecule has 0 aliphatic carbocycles. The number of hydrogen-bond acceptors (Lipinski definition) is 5. The molecule has 1 atom stereocenters. The van der Waals surface area contributed by atoms with E-state index in [0.717, 1.165) is 6.42 Å². The van der Waals surface area contributed by atoms with E-state index in [9.17, 15) is 4.79 Å². The quantitative estimate of drug-likeness (QED) is 0.830. The zero-order valence-electron chi connectivity index (χ0n) is 14.6. The molecule has 1 aliphatic heterocycles. The Morgan fingerprint density at radius 1 is 1.48 bits per heavy atom. The molecule has 0 N–H and O–H groups in total. The zero-order chi connectivity index (χ0) is 17.9. The number of carbonyl (C=O) groups excluding carboxylic acids is 1. The Bertz CT molecular complexity index is 719. The minimum atomic E-state index is -1.79. The average Bonchev–Trinajstić information content (AvgIpc) is 3.11. The fourth-order valence-electron chi connectivity index (χ4n) is 2.99. The van der Waals surface area contributed by atoms with Gasteiger partial charge in [0.2, 0.25) is 17.4 Å². The first kappa shape index (κ1) is 17.5. The maximum Gasteiger partial charge on any atom is 0.266 e. The Morgan fingerprint density at radius 2 is 2.32 bits per heavy atom. The minimum Gasteiger partial charge on any atom is -0.339 e. The molecule has 0 saturated carbocycles. The molecule has 2 aromatic heterocycles. The van der Waals surface area contributed by atoms with Crippen molar-refractivity contribution in [2.45, 2.75) is 45.2 Å². The highest BCUT2D eigenvalue weighted by atomic mass is 19.1. The molecule has 0 bridgehead atoms. The number of halogens is 1. The molecule has 1 unspecified atom stereocenters. The highest BCUT2D eigenvalue weighted by Crippen LogP contribution is 2.35. The normalized spacial score (nSPS) is 20.9. The summed E-state index contributed by atoms with van der Waals surface area (Å²) >= 11 is 0. The number of alkyl halides is 1. The lowest BCUT2D eigenvalue weighted by Gasteiger charge is -2.35. The smallest absolute Gasteiger partial charge is 0.266 e. The van der Waals surface area contributed by atoms with E-state index in [1.807, 2.05) is 0 Å². The number of nitrogens with zero attached hydrogens (tertiary/aromatic N) is 4. The van der Waals surface area contributed by atoms with Crippen LogP contribution in [0.2, 0.25) is 0 Å². The van der Waals surface area contributed by atoms with Gasteiger partial charge in [-0.05, 0) is 37.3 Å². The van der Waals surface area contributed by atoms with Gasteiger partial charge in [-0.1, -0.05) is 19.0 Å². The molecular weight excluding hydrogens is 323 g/mol. The van der Waals surface area contributed by atoms with Gasteiger partial charge in [-0.15, -0.1) is 0 Å². The Hall–Kier alpha value is -2.31. The van der Waals surface area contributed by atoms with Crippen molar-refractivity contribution in [1.29, 1.82) is 0 Å². The van der Waals surface area contributed by atoms with Gasteiger partial charge in [0.15, 0.2) is 0 Å². The van der Waals surface area contributed by atoms with Gasteiger partial charge in [0.1, 0.15) is 0 Å². The third kappa shape index (κ3) is 4.03. The molecule has 25 heavy (non-hydrogen) atoms. The van der Waals surface area contributed by atoms with Crippen LogP contribution >= 0.6 is 0 Å². The molecule has 7 heteroatoms. The van der Waals surface area contributed by atoms with Crippen molar-refractivity contribution >= 4 is 5.91 Å². The van der Waals surface area contributed by atoms with Crippen LogP contribution in [0.4, 0.5) is 4.39 Å². The van der Waals surface area contributed by atoms with E-state index in [1.165, 1.54) is 0 Å². The number of pyridine rings is 1. The standard InChI is InChI=1S/C18H23FN4O2/c1-13(2)6-7-15(24)23-10-4-8-18(19,12-23)17-21-16(22-25-17)14-5-3-9-20-11-14/h3,5,9,11,13H,4,6-8,10,12H2,1-2H3. The van der Waals surface area contributed by atoms with Gasteiger partial charge >= 0.3 is 0 Å². The van der Waals surface area contributed by atoms with E-state index in [-0.39, 0.29) is 24.8 Å². The van der Waals surface area contributed by atoms with Crippen molar-refractivity contribution in [3.8, 4) is 11.4 Å². The lowest BCUT2D eigenvalue weighted by molar-refractivity contribution is -0.136. The molecule has 1 amide bonds. The molecule has 0 aromatic carbocycles. The third-order valence-corrected chi connectivity index (χ3v) is 4.46. The highest BCUT2D eigenvalue weighted by Gasteiger charge is 2.43. The maximum atomic E-state index is 15.4. The molecule has 3 heterocycles. The Morgan fingerprint density at radius 3 is 3.04 bits per heavy atom. The van der Waals surface area contributed by atoms with Gasteiger partial charge in [0.05, 0.1) is 6.54 Å². The number of rotatable bonds is 5. The summed E-state index contributed by atoms with van der Waals surface area (Å²) in [5.74, 6) is 0.681. The fraction of sp³-hybridized carbons (Fsp3) is 0.556. The molecule has 2 aromatic rings. The number of likely N-dealkylation sites (tertiary alicyclic amines) is 1.